The molecule has 3 aromatic rings. The molecule has 1 fully saturated rings. The number of hydrogen-bond acceptors (Lipinski definition) is 7. The molecular weight excluding hydrogens is 384 g/mol. The number of nitrogens with one attached hydrogen (secondary N) is 2. The van der Waals surface area contributed by atoms with E-state index in [0.29, 0.717) is 35.9 Å². The molecular formula is C21H20N6O3. The summed E-state index contributed by atoms with van der Waals surface area (Å²) >= 11 is 0. The first-order valence-corrected chi connectivity index (χ1v) is 9.23. The highest BCUT2D eigenvalue weighted by Crippen LogP contribution is 2.28. The molecule has 4 rings (SSSR count). The molecule has 0 unspecified atom stereocenters. The van der Waals surface area contributed by atoms with Gasteiger partial charge in [0, 0.05) is 24.7 Å². The van der Waals surface area contributed by atoms with E-state index in [1.165, 1.54) is 12.4 Å². The van der Waals surface area contributed by atoms with Gasteiger partial charge in [-0.2, -0.15) is 5.10 Å². The van der Waals surface area contributed by atoms with Gasteiger partial charge in [0.15, 0.2) is 5.65 Å². The fraction of sp³-hybridized carbons (Fsp3) is 0.238. The normalized spacial score (nSPS) is 13.2. The summed E-state index contributed by atoms with van der Waals surface area (Å²) in [6.45, 7) is 4.74. The highest BCUT2D eigenvalue weighted by atomic mass is 16.5. The number of rotatable bonds is 5. The van der Waals surface area contributed by atoms with E-state index >= 15 is 0 Å². The zero-order valence-electron chi connectivity index (χ0n) is 16.6. The first-order valence-electron chi connectivity index (χ1n) is 9.23. The van der Waals surface area contributed by atoms with Gasteiger partial charge in [-0.3, -0.25) is 9.89 Å². The van der Waals surface area contributed by atoms with Gasteiger partial charge in [0.05, 0.1) is 25.6 Å². The van der Waals surface area contributed by atoms with Crippen LogP contribution >= 0.6 is 0 Å². The minimum atomic E-state index is -0.184. The van der Waals surface area contributed by atoms with E-state index in [4.69, 9.17) is 9.47 Å². The predicted molar refractivity (Wildman–Crippen MR) is 112 cm³/mol. The van der Waals surface area contributed by atoms with Crippen molar-refractivity contribution in [3.63, 3.8) is 0 Å². The molecule has 1 saturated heterocycles. The third-order valence-electron chi connectivity index (χ3n) is 4.73. The fourth-order valence-corrected chi connectivity index (χ4v) is 3.19. The Labute approximate surface area is 173 Å². The number of carbonyl (C=O) groups excluding carboxylic acids is 1. The maximum Gasteiger partial charge on any atom is 0.243 e. The lowest BCUT2D eigenvalue weighted by Gasteiger charge is -2.40. The summed E-state index contributed by atoms with van der Waals surface area (Å²) in [4.78, 5) is 22.2. The molecule has 0 bridgehead atoms. The summed E-state index contributed by atoms with van der Waals surface area (Å²) in [6, 6.07) is 5.49. The number of nitrogens with zero attached hydrogens (tertiary/aromatic N) is 4. The number of fused-ring (bicyclic) bond motifs is 1. The Morgan fingerprint density at radius 2 is 1.97 bits per heavy atom. The van der Waals surface area contributed by atoms with Crippen LogP contribution in [0.25, 0.3) is 11.0 Å². The Kier molecular flexibility index (Phi) is 5.22. The van der Waals surface area contributed by atoms with Gasteiger partial charge in [-0.1, -0.05) is 12.5 Å². The van der Waals surface area contributed by atoms with Crippen LogP contribution in [0.4, 0.5) is 5.82 Å². The van der Waals surface area contributed by atoms with E-state index in [2.05, 4.69) is 43.9 Å². The molecule has 0 radical (unpaired) electrons. The van der Waals surface area contributed by atoms with E-state index in [0.717, 1.165) is 16.8 Å². The van der Waals surface area contributed by atoms with Crippen LogP contribution in [0.2, 0.25) is 0 Å². The number of benzene rings is 1. The summed E-state index contributed by atoms with van der Waals surface area (Å²) < 4.78 is 10.6. The first-order chi connectivity index (χ1) is 14.6. The zero-order valence-corrected chi connectivity index (χ0v) is 16.6. The first kappa shape index (κ1) is 19.3. The number of methoxy groups -OCH3 is 2. The topological polar surface area (TPSA) is 105 Å². The Morgan fingerprint density at radius 1 is 1.23 bits per heavy atom. The number of anilines is 1. The molecule has 1 amide bonds. The lowest BCUT2D eigenvalue weighted by atomic mass is 10.1. The van der Waals surface area contributed by atoms with Crippen LogP contribution in [-0.4, -0.2) is 59.4 Å². The van der Waals surface area contributed by atoms with Crippen LogP contribution in [-0.2, 0) is 4.79 Å². The van der Waals surface area contributed by atoms with Crippen molar-refractivity contribution in [2.24, 2.45) is 0 Å². The van der Waals surface area contributed by atoms with Crippen LogP contribution in [0.1, 0.15) is 11.3 Å². The van der Waals surface area contributed by atoms with Gasteiger partial charge in [0.25, 0.3) is 0 Å². The molecule has 0 atom stereocenters. The lowest BCUT2D eigenvalue weighted by Crippen LogP contribution is -2.59. The van der Waals surface area contributed by atoms with Gasteiger partial charge in [-0.05, 0) is 24.1 Å². The summed E-state index contributed by atoms with van der Waals surface area (Å²) in [6.07, 6.45) is 2.74. The second-order valence-corrected chi connectivity index (χ2v) is 6.66. The Balaban J connectivity index is 1.63. The molecule has 1 aromatic carbocycles. The lowest BCUT2D eigenvalue weighted by molar-refractivity contribution is -0.117. The van der Waals surface area contributed by atoms with Crippen molar-refractivity contribution in [2.45, 2.75) is 6.04 Å². The summed E-state index contributed by atoms with van der Waals surface area (Å²) in [5.74, 6) is 8.08. The third-order valence-corrected chi connectivity index (χ3v) is 4.73. The van der Waals surface area contributed by atoms with Crippen molar-refractivity contribution in [3.8, 4) is 23.3 Å². The number of carbonyl (C=O) groups is 1. The molecule has 152 valence electrons. The van der Waals surface area contributed by atoms with Crippen molar-refractivity contribution < 1.29 is 14.3 Å². The van der Waals surface area contributed by atoms with E-state index in [1.807, 2.05) is 17.0 Å². The largest absolute Gasteiger partial charge is 0.497 e. The monoisotopic (exact) mass is 404 g/mol. The molecule has 0 aliphatic carbocycles. The summed E-state index contributed by atoms with van der Waals surface area (Å²) in [5, 5.41) is 10.8. The molecule has 2 aromatic heterocycles. The van der Waals surface area contributed by atoms with Gasteiger partial charge in [0.2, 0.25) is 5.91 Å². The zero-order chi connectivity index (χ0) is 21.1. The number of hydrogen-bond donors (Lipinski definition) is 2. The SMILES string of the molecule is C=CC(=O)NC1CN(c2ncnc3n[nH]c(C#Cc4cc(OC)cc(OC)c4)c23)C1. The van der Waals surface area contributed by atoms with Gasteiger partial charge in [0.1, 0.15) is 29.3 Å². The van der Waals surface area contributed by atoms with E-state index in [9.17, 15) is 4.79 Å². The third kappa shape index (κ3) is 3.75. The second-order valence-electron chi connectivity index (χ2n) is 6.66. The Morgan fingerprint density at radius 3 is 2.63 bits per heavy atom. The molecule has 0 spiro atoms. The standard InChI is InChI=1S/C21H20N6O3/c1-4-18(28)24-14-10-27(11-14)21-19-17(25-26-20(19)22-12-23-21)6-5-13-7-15(29-2)9-16(8-13)30-3/h4,7-9,12,14H,1,10-11H2,2-3H3,(H,24,28)(H,22,23,25,26). The minimum Gasteiger partial charge on any atom is -0.497 e. The highest BCUT2D eigenvalue weighted by Gasteiger charge is 2.30. The number of amides is 1. The van der Waals surface area contributed by atoms with Crippen molar-refractivity contribution in [1.82, 2.24) is 25.5 Å². The summed E-state index contributed by atoms with van der Waals surface area (Å²) in [5.41, 5.74) is 1.88. The van der Waals surface area contributed by atoms with E-state index in [-0.39, 0.29) is 11.9 Å². The highest BCUT2D eigenvalue weighted by molar-refractivity contribution is 5.92. The molecule has 1 aliphatic heterocycles. The van der Waals surface area contributed by atoms with Crippen LogP contribution in [0.5, 0.6) is 11.5 Å². The molecule has 0 saturated carbocycles. The maximum atomic E-state index is 11.5. The van der Waals surface area contributed by atoms with Crippen molar-refractivity contribution in [3.05, 3.63) is 48.4 Å². The van der Waals surface area contributed by atoms with E-state index < -0.39 is 0 Å². The van der Waals surface area contributed by atoms with Gasteiger partial charge in [-0.25, -0.2) is 9.97 Å². The molecule has 1 aliphatic rings. The Bertz CT molecular complexity index is 1150. The smallest absolute Gasteiger partial charge is 0.243 e. The average Bonchev–Trinajstić information content (AvgIpc) is 3.17. The Hall–Kier alpha value is -4.06. The maximum absolute atomic E-state index is 11.5. The molecule has 9 nitrogen and oxygen atoms in total. The van der Waals surface area contributed by atoms with Crippen molar-refractivity contribution >= 4 is 22.8 Å². The average molecular weight is 404 g/mol. The van der Waals surface area contributed by atoms with Crippen LogP contribution < -0.4 is 19.7 Å². The molecule has 3 heterocycles. The van der Waals surface area contributed by atoms with Gasteiger partial charge in [-0.15, -0.1) is 0 Å². The molecule has 9 heteroatoms. The fourth-order valence-electron chi connectivity index (χ4n) is 3.19. The minimum absolute atomic E-state index is 0.0474. The van der Waals surface area contributed by atoms with Crippen molar-refractivity contribution in [1.29, 1.82) is 0 Å². The van der Waals surface area contributed by atoms with Crippen LogP contribution in [0, 0.1) is 11.8 Å². The second kappa shape index (κ2) is 8.13. The quantitative estimate of drug-likeness (QED) is 0.487. The predicted octanol–water partition coefficient (Wildman–Crippen LogP) is 1.26. The molecule has 2 N–H and O–H groups in total. The van der Waals surface area contributed by atoms with Gasteiger partial charge < -0.3 is 19.7 Å². The number of H-pyrrole nitrogens is 1. The number of ether oxygens (including phenoxy) is 2. The van der Waals surface area contributed by atoms with Gasteiger partial charge >= 0.3 is 0 Å². The van der Waals surface area contributed by atoms with E-state index in [1.54, 1.807) is 20.3 Å². The number of aromatic nitrogens is 4. The molecule has 30 heavy (non-hydrogen) atoms. The van der Waals surface area contributed by atoms with Crippen LogP contribution in [0.3, 0.4) is 0 Å². The number of aromatic amines is 1. The summed E-state index contributed by atoms with van der Waals surface area (Å²) in [7, 11) is 3.19. The van der Waals surface area contributed by atoms with Crippen molar-refractivity contribution in [2.75, 3.05) is 32.2 Å². The van der Waals surface area contributed by atoms with Crippen LogP contribution in [0.15, 0.2) is 37.2 Å².